The minimum atomic E-state index is -3.67. The third-order valence-electron chi connectivity index (χ3n) is 1.26. The van der Waals surface area contributed by atoms with Crippen molar-refractivity contribution >= 4 is 15.8 Å². The second-order valence-electron chi connectivity index (χ2n) is 2.70. The Bertz CT molecular complexity index is 334. The van der Waals surface area contributed by atoms with Crippen LogP contribution in [0.2, 0.25) is 0 Å². The van der Waals surface area contributed by atoms with Crippen molar-refractivity contribution in [1.82, 2.24) is 0 Å². The molecule has 1 aromatic rings. The first kappa shape index (κ1) is 12.9. The normalized spacial score (nSPS) is 10.1. The van der Waals surface area contributed by atoms with Crippen LogP contribution in [0.3, 0.4) is 0 Å². The predicted molar refractivity (Wildman–Crippen MR) is 57.6 cm³/mol. The molecule has 1 rings (SSSR count). The first-order chi connectivity index (χ1) is 6.45. The second kappa shape index (κ2) is 6.39. The van der Waals surface area contributed by atoms with Crippen LogP contribution in [0.1, 0.15) is 13.3 Å². The van der Waals surface area contributed by atoms with E-state index in [9.17, 15) is 8.42 Å². The molecule has 0 heterocycles. The molecule has 0 aliphatic rings. The van der Waals surface area contributed by atoms with Crippen LogP contribution in [0.15, 0.2) is 30.3 Å². The second-order valence-corrected chi connectivity index (χ2v) is 4.27. The van der Waals surface area contributed by atoms with E-state index in [0.29, 0.717) is 6.42 Å². The van der Waals surface area contributed by atoms with Crippen LogP contribution in [0.25, 0.3) is 0 Å². The van der Waals surface area contributed by atoms with Crippen molar-refractivity contribution < 1.29 is 13.0 Å². The Balaban J connectivity index is 0.000000241. The van der Waals surface area contributed by atoms with Crippen molar-refractivity contribution in [2.45, 2.75) is 13.3 Å². The van der Waals surface area contributed by atoms with Crippen LogP contribution in [0.4, 0.5) is 5.69 Å². The number of nitrogen functional groups attached to an aromatic ring is 1. The molecule has 0 bridgehead atoms. The maximum Gasteiger partial charge on any atom is 0.264 e. The van der Waals surface area contributed by atoms with Crippen molar-refractivity contribution in [2.75, 3.05) is 11.5 Å². The molecule has 0 unspecified atom stereocenters. The van der Waals surface area contributed by atoms with Crippen molar-refractivity contribution in [1.29, 1.82) is 0 Å². The summed E-state index contributed by atoms with van der Waals surface area (Å²) in [7, 11) is -3.67. The molecule has 0 saturated heterocycles. The summed E-state index contributed by atoms with van der Waals surface area (Å²) in [5, 5.41) is 0. The van der Waals surface area contributed by atoms with Gasteiger partial charge in [0.15, 0.2) is 0 Å². The fourth-order valence-electron chi connectivity index (χ4n) is 0.711. The summed E-state index contributed by atoms with van der Waals surface area (Å²) in [6.45, 7) is 1.69. The van der Waals surface area contributed by atoms with E-state index in [1.807, 2.05) is 30.3 Å². The summed E-state index contributed by atoms with van der Waals surface area (Å²) >= 11 is 0. The lowest BCUT2D eigenvalue weighted by Gasteiger charge is -1.85. The fourth-order valence-corrected chi connectivity index (χ4v) is 1.23. The van der Waals surface area contributed by atoms with Crippen LogP contribution in [-0.4, -0.2) is 18.7 Å². The van der Waals surface area contributed by atoms with Crippen molar-refractivity contribution in [3.05, 3.63) is 30.3 Å². The predicted octanol–water partition coefficient (Wildman–Crippen LogP) is 1.55. The van der Waals surface area contributed by atoms with Crippen molar-refractivity contribution in [3.8, 4) is 0 Å². The number of anilines is 1. The van der Waals surface area contributed by atoms with Crippen LogP contribution in [-0.2, 0) is 10.1 Å². The summed E-state index contributed by atoms with van der Waals surface area (Å²) in [5.41, 5.74) is 6.18. The highest BCUT2D eigenvalue weighted by atomic mass is 32.2. The summed E-state index contributed by atoms with van der Waals surface area (Å²) in [6.07, 6.45) is 0.471. The zero-order valence-corrected chi connectivity index (χ0v) is 8.87. The molecule has 0 aliphatic heterocycles. The lowest BCUT2D eigenvalue weighted by Crippen LogP contribution is -2.01. The highest BCUT2D eigenvalue weighted by molar-refractivity contribution is 7.85. The molecule has 0 amide bonds. The largest absolute Gasteiger partial charge is 0.399 e. The number of benzene rings is 1. The topological polar surface area (TPSA) is 80.4 Å². The molecule has 0 aromatic heterocycles. The minimum Gasteiger partial charge on any atom is -0.399 e. The van der Waals surface area contributed by atoms with E-state index < -0.39 is 10.1 Å². The molecule has 4 nitrogen and oxygen atoms in total. The molecule has 0 atom stereocenters. The average Bonchev–Trinajstić information content (AvgIpc) is 2.04. The van der Waals surface area contributed by atoms with Crippen LogP contribution >= 0.6 is 0 Å². The van der Waals surface area contributed by atoms with E-state index in [2.05, 4.69) is 0 Å². The molecule has 0 aliphatic carbocycles. The van der Waals surface area contributed by atoms with Gasteiger partial charge in [-0.3, -0.25) is 4.55 Å². The maximum absolute atomic E-state index is 9.79. The number of para-hydroxylation sites is 1. The van der Waals surface area contributed by atoms with Gasteiger partial charge in [-0.25, -0.2) is 0 Å². The summed E-state index contributed by atoms with van der Waals surface area (Å²) < 4.78 is 27.6. The van der Waals surface area contributed by atoms with Gasteiger partial charge in [0.1, 0.15) is 0 Å². The first-order valence-electron chi connectivity index (χ1n) is 4.21. The monoisotopic (exact) mass is 217 g/mol. The van der Waals surface area contributed by atoms with E-state index in [-0.39, 0.29) is 5.75 Å². The lowest BCUT2D eigenvalue weighted by molar-refractivity contribution is 0.482. The Morgan fingerprint density at radius 2 is 1.79 bits per heavy atom. The molecule has 1 aromatic carbocycles. The third-order valence-corrected chi connectivity index (χ3v) is 2.19. The van der Waals surface area contributed by atoms with E-state index in [1.165, 1.54) is 0 Å². The van der Waals surface area contributed by atoms with Gasteiger partial charge >= 0.3 is 0 Å². The molecule has 14 heavy (non-hydrogen) atoms. The summed E-state index contributed by atoms with van der Waals surface area (Å²) in [6, 6.07) is 9.49. The Hall–Kier alpha value is -1.07. The molecule has 5 heteroatoms. The Kier molecular flexibility index (Phi) is 5.91. The van der Waals surface area contributed by atoms with Crippen LogP contribution in [0.5, 0.6) is 0 Å². The third kappa shape index (κ3) is 9.02. The van der Waals surface area contributed by atoms with Crippen LogP contribution < -0.4 is 5.73 Å². The zero-order valence-electron chi connectivity index (χ0n) is 8.05. The number of hydrogen-bond acceptors (Lipinski definition) is 3. The number of rotatable bonds is 2. The Morgan fingerprint density at radius 3 is 1.93 bits per heavy atom. The molecule has 3 N–H and O–H groups in total. The Morgan fingerprint density at radius 1 is 1.29 bits per heavy atom. The van der Waals surface area contributed by atoms with Gasteiger partial charge in [0, 0.05) is 5.69 Å². The Labute approximate surface area is 84.5 Å². The van der Waals surface area contributed by atoms with Gasteiger partial charge in [0.05, 0.1) is 5.75 Å². The van der Waals surface area contributed by atoms with Gasteiger partial charge in [0.25, 0.3) is 10.1 Å². The SMILES string of the molecule is CCCS(=O)(=O)O.Nc1ccccc1. The fraction of sp³-hybridized carbons (Fsp3) is 0.333. The van der Waals surface area contributed by atoms with Gasteiger partial charge in [-0.05, 0) is 18.6 Å². The molecule has 0 saturated carbocycles. The van der Waals surface area contributed by atoms with Crippen LogP contribution in [0, 0.1) is 0 Å². The maximum atomic E-state index is 9.79. The van der Waals surface area contributed by atoms with E-state index >= 15 is 0 Å². The first-order valence-corrected chi connectivity index (χ1v) is 5.82. The van der Waals surface area contributed by atoms with Gasteiger partial charge < -0.3 is 5.73 Å². The van der Waals surface area contributed by atoms with E-state index in [1.54, 1.807) is 6.92 Å². The van der Waals surface area contributed by atoms with Gasteiger partial charge in [-0.1, -0.05) is 25.1 Å². The van der Waals surface area contributed by atoms with Gasteiger partial charge in [0.2, 0.25) is 0 Å². The summed E-state index contributed by atoms with van der Waals surface area (Å²) in [5.74, 6) is -0.132. The smallest absolute Gasteiger partial charge is 0.264 e. The van der Waals surface area contributed by atoms with Gasteiger partial charge in [-0.2, -0.15) is 8.42 Å². The van der Waals surface area contributed by atoms with E-state index in [0.717, 1.165) is 5.69 Å². The minimum absolute atomic E-state index is 0.132. The quantitative estimate of drug-likeness (QED) is 0.582. The number of nitrogens with two attached hydrogens (primary N) is 1. The van der Waals surface area contributed by atoms with E-state index in [4.69, 9.17) is 10.3 Å². The lowest BCUT2D eigenvalue weighted by atomic mass is 10.3. The molecular weight excluding hydrogens is 202 g/mol. The molecule has 0 spiro atoms. The van der Waals surface area contributed by atoms with Crippen molar-refractivity contribution in [3.63, 3.8) is 0 Å². The highest BCUT2D eigenvalue weighted by Gasteiger charge is 1.98. The number of hydrogen-bond donors (Lipinski definition) is 2. The summed E-state index contributed by atoms with van der Waals surface area (Å²) in [4.78, 5) is 0. The van der Waals surface area contributed by atoms with Crippen molar-refractivity contribution in [2.24, 2.45) is 0 Å². The average molecular weight is 217 g/mol. The highest BCUT2D eigenvalue weighted by Crippen LogP contribution is 1.95. The standard InChI is InChI=1S/C6H7N.C3H8O3S/c7-6-4-2-1-3-5-6;1-2-3-7(4,5)6/h1-5H,7H2;2-3H2,1H3,(H,4,5,6). The molecule has 0 fully saturated rings. The molecule has 80 valence electrons. The zero-order chi connectivity index (χ0) is 11.0. The van der Waals surface area contributed by atoms with Gasteiger partial charge in [-0.15, -0.1) is 0 Å². The molecular formula is C9H15NO3S. The molecule has 0 radical (unpaired) electrons.